The number of aromatic nitrogens is 2. The molecule has 3 rings (SSSR count). The molecular formula is C14H18N4O2. The van der Waals surface area contributed by atoms with Crippen LogP contribution in [-0.2, 0) is 10.4 Å². The Hall–Kier alpha value is -1.92. The smallest absolute Gasteiger partial charge is 0.358 e. The topological polar surface area (TPSA) is 82.2 Å². The predicted molar refractivity (Wildman–Crippen MR) is 75.1 cm³/mol. The molecule has 6 heteroatoms. The molecular weight excluding hydrogens is 256 g/mol. The largest absolute Gasteiger partial charge is 0.370 e. The fourth-order valence-electron chi connectivity index (χ4n) is 2.74. The molecule has 1 aliphatic heterocycles. The number of nitrogens with two attached hydrogens (primary N) is 1. The average molecular weight is 274 g/mol. The number of hydrogen-bond donors (Lipinski definition) is 2. The van der Waals surface area contributed by atoms with Gasteiger partial charge in [-0.1, -0.05) is 12.1 Å². The summed E-state index contributed by atoms with van der Waals surface area (Å²) < 4.78 is 1.98. The minimum atomic E-state index is -0.559. The van der Waals surface area contributed by atoms with Crippen molar-refractivity contribution in [1.82, 2.24) is 15.1 Å². The third-order valence-corrected chi connectivity index (χ3v) is 4.10. The highest BCUT2D eigenvalue weighted by molar-refractivity contribution is 6.02. The van der Waals surface area contributed by atoms with Gasteiger partial charge in [0.15, 0.2) is 0 Å². The molecule has 1 aliphatic rings. The highest BCUT2D eigenvalue weighted by Gasteiger charge is 2.30. The van der Waals surface area contributed by atoms with Gasteiger partial charge in [-0.25, -0.2) is 4.79 Å². The lowest BCUT2D eigenvalue weighted by Gasteiger charge is -2.34. The van der Waals surface area contributed by atoms with E-state index in [1.54, 1.807) is 6.07 Å². The molecule has 0 spiro atoms. The van der Waals surface area contributed by atoms with Gasteiger partial charge < -0.3 is 10.2 Å². The van der Waals surface area contributed by atoms with Crippen LogP contribution in [0.5, 0.6) is 0 Å². The van der Waals surface area contributed by atoms with Crippen molar-refractivity contribution < 1.29 is 9.63 Å². The molecule has 0 aliphatic carbocycles. The van der Waals surface area contributed by atoms with Gasteiger partial charge in [0, 0.05) is 11.6 Å². The molecule has 0 bridgehead atoms. The van der Waals surface area contributed by atoms with Gasteiger partial charge in [-0.3, -0.25) is 4.68 Å². The van der Waals surface area contributed by atoms with Gasteiger partial charge in [0.1, 0.15) is 5.52 Å². The second-order valence-electron chi connectivity index (χ2n) is 5.47. The summed E-state index contributed by atoms with van der Waals surface area (Å²) >= 11 is 0. The Morgan fingerprint density at radius 3 is 2.90 bits per heavy atom. The summed E-state index contributed by atoms with van der Waals surface area (Å²) in [5.74, 6) is 4.42. The van der Waals surface area contributed by atoms with E-state index in [-0.39, 0.29) is 5.54 Å². The molecule has 1 aromatic heterocycles. The monoisotopic (exact) mass is 274 g/mol. The Kier molecular flexibility index (Phi) is 3.19. The van der Waals surface area contributed by atoms with Crippen molar-refractivity contribution in [2.45, 2.75) is 25.3 Å². The molecule has 2 heterocycles. The number of nitrogens with one attached hydrogen (secondary N) is 1. The maximum atomic E-state index is 11.7. The molecule has 0 atom stereocenters. The van der Waals surface area contributed by atoms with Gasteiger partial charge in [0.2, 0.25) is 0 Å². The van der Waals surface area contributed by atoms with Crippen molar-refractivity contribution in [2.75, 3.05) is 13.1 Å². The third-order valence-electron chi connectivity index (χ3n) is 4.10. The van der Waals surface area contributed by atoms with E-state index in [1.165, 1.54) is 0 Å². The first-order valence-corrected chi connectivity index (χ1v) is 6.75. The summed E-state index contributed by atoms with van der Waals surface area (Å²) in [5.41, 5.74) is 1.03. The Morgan fingerprint density at radius 1 is 1.45 bits per heavy atom. The Morgan fingerprint density at radius 2 is 2.20 bits per heavy atom. The van der Waals surface area contributed by atoms with Crippen LogP contribution in [0.3, 0.4) is 0 Å². The highest BCUT2D eigenvalue weighted by Crippen LogP contribution is 2.29. The fraction of sp³-hybridized carbons (Fsp3) is 0.429. The van der Waals surface area contributed by atoms with Crippen LogP contribution in [-0.4, -0.2) is 28.8 Å². The van der Waals surface area contributed by atoms with E-state index in [0.29, 0.717) is 11.1 Å². The predicted octanol–water partition coefficient (Wildman–Crippen LogP) is 1.17. The van der Waals surface area contributed by atoms with Crippen molar-refractivity contribution in [1.29, 1.82) is 0 Å². The molecule has 1 saturated heterocycles. The lowest BCUT2D eigenvalue weighted by molar-refractivity contribution is 0.0505. The zero-order chi connectivity index (χ0) is 14.2. The maximum absolute atomic E-state index is 11.7. The van der Waals surface area contributed by atoms with E-state index in [2.05, 4.69) is 22.2 Å². The zero-order valence-corrected chi connectivity index (χ0v) is 11.4. The van der Waals surface area contributed by atoms with Crippen LogP contribution in [0.15, 0.2) is 24.4 Å². The number of rotatable bonds is 2. The van der Waals surface area contributed by atoms with Crippen LogP contribution in [0.1, 0.15) is 30.1 Å². The summed E-state index contributed by atoms with van der Waals surface area (Å²) in [4.78, 5) is 16.0. The van der Waals surface area contributed by atoms with E-state index in [0.717, 1.165) is 31.3 Å². The SMILES string of the molecule is CC1(n2cc3cccc(C(=O)ON)c3n2)CCNCC1. The summed E-state index contributed by atoms with van der Waals surface area (Å²) in [6, 6.07) is 5.43. The number of carbonyl (C=O) groups excluding carboxylic acids is 1. The molecule has 106 valence electrons. The Balaban J connectivity index is 2.08. The van der Waals surface area contributed by atoms with Crippen LogP contribution in [0.2, 0.25) is 0 Å². The molecule has 1 aromatic carbocycles. The second-order valence-corrected chi connectivity index (χ2v) is 5.47. The summed E-state index contributed by atoms with van der Waals surface area (Å²) in [5, 5.41) is 8.88. The van der Waals surface area contributed by atoms with Gasteiger partial charge >= 0.3 is 5.97 Å². The zero-order valence-electron chi connectivity index (χ0n) is 11.4. The molecule has 20 heavy (non-hydrogen) atoms. The minimum Gasteiger partial charge on any atom is -0.370 e. The lowest BCUT2D eigenvalue weighted by Crippen LogP contribution is -2.42. The van der Waals surface area contributed by atoms with E-state index in [1.807, 2.05) is 23.0 Å². The van der Waals surface area contributed by atoms with E-state index in [4.69, 9.17) is 5.90 Å². The molecule has 0 radical (unpaired) electrons. The number of piperidine rings is 1. The molecule has 0 amide bonds. The van der Waals surface area contributed by atoms with Crippen LogP contribution < -0.4 is 11.2 Å². The maximum Gasteiger partial charge on any atom is 0.358 e. The standard InChI is InChI=1S/C14H18N4O2/c1-14(5-7-16-8-6-14)18-9-10-3-2-4-11(12(10)17-18)13(19)20-15/h2-4,9,16H,5-8,15H2,1H3. The molecule has 0 saturated carbocycles. The quantitative estimate of drug-likeness (QED) is 0.803. The summed E-state index contributed by atoms with van der Waals surface area (Å²) in [7, 11) is 0. The molecule has 6 nitrogen and oxygen atoms in total. The number of benzene rings is 1. The van der Waals surface area contributed by atoms with Crippen LogP contribution in [0.25, 0.3) is 10.9 Å². The van der Waals surface area contributed by atoms with Crippen LogP contribution >= 0.6 is 0 Å². The number of nitrogens with zero attached hydrogens (tertiary/aromatic N) is 2. The van der Waals surface area contributed by atoms with E-state index in [9.17, 15) is 4.79 Å². The van der Waals surface area contributed by atoms with E-state index >= 15 is 0 Å². The Bertz CT molecular complexity index is 644. The lowest BCUT2D eigenvalue weighted by atomic mass is 9.91. The van der Waals surface area contributed by atoms with Gasteiger partial charge in [-0.2, -0.15) is 11.0 Å². The van der Waals surface area contributed by atoms with Crippen molar-refractivity contribution in [3.05, 3.63) is 30.0 Å². The first-order chi connectivity index (χ1) is 9.64. The molecule has 0 unspecified atom stereocenters. The first kappa shape index (κ1) is 13.1. The molecule has 2 aromatic rings. The molecule has 3 N–H and O–H groups in total. The summed E-state index contributed by atoms with van der Waals surface area (Å²) in [6.07, 6.45) is 4.02. The van der Waals surface area contributed by atoms with Crippen molar-refractivity contribution >= 4 is 16.9 Å². The third kappa shape index (κ3) is 2.07. The summed E-state index contributed by atoms with van der Waals surface area (Å²) in [6.45, 7) is 4.15. The fourth-order valence-corrected chi connectivity index (χ4v) is 2.74. The molecule has 1 fully saturated rings. The highest BCUT2D eigenvalue weighted by atomic mass is 16.7. The average Bonchev–Trinajstić information content (AvgIpc) is 2.92. The van der Waals surface area contributed by atoms with Gasteiger partial charge in [0.05, 0.1) is 11.1 Å². The second kappa shape index (κ2) is 4.88. The van der Waals surface area contributed by atoms with Gasteiger partial charge in [0.25, 0.3) is 0 Å². The number of hydrogen-bond acceptors (Lipinski definition) is 5. The number of fused-ring (bicyclic) bond motifs is 1. The van der Waals surface area contributed by atoms with Crippen molar-refractivity contribution in [3.8, 4) is 0 Å². The van der Waals surface area contributed by atoms with E-state index < -0.39 is 5.97 Å². The first-order valence-electron chi connectivity index (χ1n) is 6.75. The van der Waals surface area contributed by atoms with Gasteiger partial charge in [-0.05, 0) is 38.9 Å². The van der Waals surface area contributed by atoms with Crippen LogP contribution in [0.4, 0.5) is 0 Å². The number of carbonyl (C=O) groups is 1. The van der Waals surface area contributed by atoms with Gasteiger partial charge in [-0.15, -0.1) is 0 Å². The van der Waals surface area contributed by atoms with Crippen LogP contribution in [0, 0.1) is 0 Å². The van der Waals surface area contributed by atoms with Crippen molar-refractivity contribution in [3.63, 3.8) is 0 Å². The normalized spacial score (nSPS) is 18.1. The minimum absolute atomic E-state index is 0.0197. The Labute approximate surface area is 116 Å². The van der Waals surface area contributed by atoms with Crippen molar-refractivity contribution in [2.24, 2.45) is 5.90 Å².